The summed E-state index contributed by atoms with van der Waals surface area (Å²) >= 11 is 1.51. The molecule has 0 spiro atoms. The normalized spacial score (nSPS) is 12.0. The molecular weight excluding hydrogens is 464 g/mol. The Balaban J connectivity index is 1.69. The molecule has 0 saturated heterocycles. The van der Waals surface area contributed by atoms with Crippen molar-refractivity contribution in [1.29, 1.82) is 0 Å². The van der Waals surface area contributed by atoms with Crippen LogP contribution >= 0.6 is 11.8 Å². The van der Waals surface area contributed by atoms with E-state index in [2.05, 4.69) is 15.8 Å². The fourth-order valence-electron chi connectivity index (χ4n) is 3.10. The van der Waals surface area contributed by atoms with Crippen LogP contribution in [0, 0.1) is 17.0 Å². The lowest BCUT2D eigenvalue weighted by Gasteiger charge is -2.17. The Kier molecular flexibility index (Phi) is 9.14. The first-order chi connectivity index (χ1) is 16.8. The number of benzene rings is 3. The Morgan fingerprint density at radius 2 is 1.60 bits per heavy atom. The molecule has 0 aliphatic rings. The highest BCUT2D eigenvalue weighted by Crippen LogP contribution is 2.15. The van der Waals surface area contributed by atoms with Crippen molar-refractivity contribution in [2.45, 2.75) is 25.6 Å². The largest absolute Gasteiger partial charge is 0.339 e. The van der Waals surface area contributed by atoms with Gasteiger partial charge in [0.25, 0.3) is 17.5 Å². The van der Waals surface area contributed by atoms with Gasteiger partial charge in [-0.1, -0.05) is 60.2 Å². The Morgan fingerprint density at radius 1 is 0.971 bits per heavy atom. The first-order valence-corrected chi connectivity index (χ1v) is 12.1. The highest BCUT2D eigenvalue weighted by molar-refractivity contribution is 7.98. The van der Waals surface area contributed by atoms with Gasteiger partial charge in [0, 0.05) is 29.2 Å². The van der Waals surface area contributed by atoms with E-state index in [4.69, 9.17) is 0 Å². The molecule has 0 saturated carbocycles. The smallest absolute Gasteiger partial charge is 0.269 e. The number of non-ortho nitro benzene ring substituents is 1. The molecule has 3 aromatic carbocycles. The number of aryl methyl sites for hydroxylation is 1. The highest BCUT2D eigenvalue weighted by atomic mass is 32.2. The molecule has 3 rings (SSSR count). The van der Waals surface area contributed by atoms with Gasteiger partial charge >= 0.3 is 0 Å². The molecule has 0 unspecified atom stereocenters. The topological polar surface area (TPSA) is 114 Å². The van der Waals surface area contributed by atoms with Crippen LogP contribution in [0.15, 0.2) is 84.0 Å². The Morgan fingerprint density at radius 3 is 2.23 bits per heavy atom. The van der Waals surface area contributed by atoms with Crippen molar-refractivity contribution < 1.29 is 14.5 Å². The van der Waals surface area contributed by atoms with Gasteiger partial charge in [0.2, 0.25) is 0 Å². The van der Waals surface area contributed by atoms with Gasteiger partial charge in [0.05, 0.1) is 10.6 Å². The zero-order chi connectivity index (χ0) is 25.2. The number of carbonyl (C=O) groups excluding carboxylic acids is 2. The highest BCUT2D eigenvalue weighted by Gasteiger charge is 2.22. The minimum atomic E-state index is -0.860. The van der Waals surface area contributed by atoms with Gasteiger partial charge in [-0.15, -0.1) is 0 Å². The van der Waals surface area contributed by atoms with E-state index in [0.29, 0.717) is 17.2 Å². The van der Waals surface area contributed by atoms with Crippen LogP contribution < -0.4 is 10.7 Å². The van der Waals surface area contributed by atoms with E-state index in [-0.39, 0.29) is 11.3 Å². The van der Waals surface area contributed by atoms with Gasteiger partial charge in [-0.05, 0) is 37.1 Å². The van der Waals surface area contributed by atoms with Gasteiger partial charge in [-0.3, -0.25) is 19.7 Å². The molecule has 180 valence electrons. The minimum Gasteiger partial charge on any atom is -0.339 e. The first-order valence-electron chi connectivity index (χ1n) is 10.9. The summed E-state index contributed by atoms with van der Waals surface area (Å²) in [6, 6.07) is 21.9. The summed E-state index contributed by atoms with van der Waals surface area (Å²) in [5, 5.41) is 17.8. The molecule has 2 amide bonds. The number of nitrogens with one attached hydrogen (secondary N) is 2. The molecule has 9 heteroatoms. The van der Waals surface area contributed by atoms with Crippen molar-refractivity contribution >= 4 is 35.0 Å². The first kappa shape index (κ1) is 25.6. The quantitative estimate of drug-likeness (QED) is 0.247. The Hall–Kier alpha value is -3.98. The number of nitro benzene ring substituents is 1. The molecule has 8 nitrogen and oxygen atoms in total. The van der Waals surface area contributed by atoms with Crippen LogP contribution in [0.1, 0.15) is 34.0 Å². The van der Waals surface area contributed by atoms with Crippen molar-refractivity contribution in [2.75, 3.05) is 5.75 Å². The van der Waals surface area contributed by atoms with E-state index < -0.39 is 22.8 Å². The minimum absolute atomic E-state index is 0.116. The van der Waals surface area contributed by atoms with Crippen LogP contribution in [-0.2, 0) is 10.5 Å². The predicted molar refractivity (Wildman–Crippen MR) is 138 cm³/mol. The standard InChI is InChI=1S/C26H26N4O4S/c1-18-8-10-21(11-9-18)19(2)28-29-26(32)24(17-35-16-20-6-4-3-5-7-20)27-25(31)22-12-14-23(15-13-22)30(33)34/h3-15,24H,16-17H2,1-2H3,(H,27,31)(H,29,32)/t24-/m1/s1. The monoisotopic (exact) mass is 490 g/mol. The van der Waals surface area contributed by atoms with E-state index in [1.54, 1.807) is 6.92 Å². The summed E-state index contributed by atoms with van der Waals surface area (Å²) in [7, 11) is 0. The number of amides is 2. The fraction of sp³-hybridized carbons (Fsp3) is 0.192. The maximum absolute atomic E-state index is 13.0. The zero-order valence-electron chi connectivity index (χ0n) is 19.4. The van der Waals surface area contributed by atoms with Crippen molar-refractivity contribution in [3.8, 4) is 0 Å². The molecule has 0 fully saturated rings. The third kappa shape index (κ3) is 7.79. The van der Waals surface area contributed by atoms with Gasteiger partial charge in [0.1, 0.15) is 6.04 Å². The molecule has 1 atom stereocenters. The zero-order valence-corrected chi connectivity index (χ0v) is 20.2. The van der Waals surface area contributed by atoms with Crippen molar-refractivity contribution in [2.24, 2.45) is 5.10 Å². The molecule has 35 heavy (non-hydrogen) atoms. The number of rotatable bonds is 10. The SMILES string of the molecule is CC(=NNC(=O)[C@@H](CSCc1ccccc1)NC(=O)c1ccc([N+](=O)[O-])cc1)c1ccc(C)cc1. The maximum atomic E-state index is 13.0. The van der Waals surface area contributed by atoms with Crippen molar-refractivity contribution in [3.63, 3.8) is 0 Å². The maximum Gasteiger partial charge on any atom is 0.269 e. The summed E-state index contributed by atoms with van der Waals surface area (Å²) in [6.45, 7) is 3.78. The second kappa shape index (κ2) is 12.5. The Labute approximate surface area is 208 Å². The summed E-state index contributed by atoms with van der Waals surface area (Å²) in [4.78, 5) is 36.0. The number of hydrogen-bond acceptors (Lipinski definition) is 6. The molecule has 0 radical (unpaired) electrons. The fourth-order valence-corrected chi connectivity index (χ4v) is 4.12. The van der Waals surface area contributed by atoms with Gasteiger partial charge in [0.15, 0.2) is 0 Å². The molecule has 0 aromatic heterocycles. The number of thioether (sulfide) groups is 1. The second-order valence-corrected chi connectivity index (χ2v) is 8.90. The van der Waals surface area contributed by atoms with Gasteiger partial charge in [-0.2, -0.15) is 16.9 Å². The second-order valence-electron chi connectivity index (χ2n) is 7.87. The van der Waals surface area contributed by atoms with Crippen LogP contribution in [0.4, 0.5) is 5.69 Å². The van der Waals surface area contributed by atoms with Gasteiger partial charge < -0.3 is 5.32 Å². The third-order valence-corrected chi connectivity index (χ3v) is 6.27. The lowest BCUT2D eigenvalue weighted by molar-refractivity contribution is -0.384. The predicted octanol–water partition coefficient (Wildman–Crippen LogP) is 4.48. The molecular formula is C26H26N4O4S. The average Bonchev–Trinajstić information content (AvgIpc) is 2.87. The van der Waals surface area contributed by atoms with E-state index in [1.807, 2.05) is 61.5 Å². The Bertz CT molecular complexity index is 1200. The molecule has 0 aliphatic heterocycles. The number of hydrogen-bond donors (Lipinski definition) is 2. The van der Waals surface area contributed by atoms with E-state index in [0.717, 1.165) is 16.7 Å². The van der Waals surface area contributed by atoms with Crippen LogP contribution in [-0.4, -0.2) is 34.2 Å². The van der Waals surface area contributed by atoms with E-state index in [9.17, 15) is 19.7 Å². The van der Waals surface area contributed by atoms with Crippen LogP contribution in [0.3, 0.4) is 0 Å². The number of hydrazone groups is 1. The molecule has 0 aliphatic carbocycles. The summed E-state index contributed by atoms with van der Waals surface area (Å²) in [5.41, 5.74) is 6.40. The van der Waals surface area contributed by atoms with E-state index >= 15 is 0 Å². The van der Waals surface area contributed by atoms with Crippen LogP contribution in [0.5, 0.6) is 0 Å². The van der Waals surface area contributed by atoms with Gasteiger partial charge in [-0.25, -0.2) is 5.43 Å². The van der Waals surface area contributed by atoms with Crippen molar-refractivity contribution in [3.05, 3.63) is 111 Å². The molecule has 0 heterocycles. The molecule has 2 N–H and O–H groups in total. The summed E-state index contributed by atoms with van der Waals surface area (Å²) < 4.78 is 0. The lowest BCUT2D eigenvalue weighted by Crippen LogP contribution is -2.47. The van der Waals surface area contributed by atoms with E-state index in [1.165, 1.54) is 36.0 Å². The van der Waals surface area contributed by atoms with Crippen LogP contribution in [0.25, 0.3) is 0 Å². The summed E-state index contributed by atoms with van der Waals surface area (Å²) in [6.07, 6.45) is 0. The average molecular weight is 491 g/mol. The summed E-state index contributed by atoms with van der Waals surface area (Å²) in [5.74, 6) is 0.0364. The number of carbonyl (C=O) groups is 2. The number of nitrogens with zero attached hydrogens (tertiary/aromatic N) is 2. The van der Waals surface area contributed by atoms with Crippen LogP contribution in [0.2, 0.25) is 0 Å². The third-order valence-electron chi connectivity index (χ3n) is 5.16. The lowest BCUT2D eigenvalue weighted by atomic mass is 10.1. The number of nitro groups is 1. The molecule has 0 bridgehead atoms. The molecule has 3 aromatic rings. The van der Waals surface area contributed by atoms with Crippen molar-refractivity contribution in [1.82, 2.24) is 10.7 Å².